The molecule has 0 unspecified atom stereocenters. The molecule has 5 heterocycles. The maximum atomic E-state index is 13.4. The van der Waals surface area contributed by atoms with Crippen LogP contribution in [0.5, 0.6) is 0 Å². The van der Waals surface area contributed by atoms with E-state index in [0.717, 1.165) is 35.9 Å². The number of anilines is 1. The summed E-state index contributed by atoms with van der Waals surface area (Å²) in [6, 6.07) is 15.5. The van der Waals surface area contributed by atoms with Crippen LogP contribution in [0.15, 0.2) is 65.7 Å². The molecule has 2 aliphatic heterocycles. The van der Waals surface area contributed by atoms with Gasteiger partial charge in [-0.1, -0.05) is 11.6 Å². The minimum Gasteiger partial charge on any atom is -0.434 e. The third-order valence-corrected chi connectivity index (χ3v) is 8.64. The zero-order valence-electron chi connectivity index (χ0n) is 21.6. The van der Waals surface area contributed by atoms with E-state index in [0.29, 0.717) is 46.1 Å². The molecule has 8 rings (SSSR count). The number of carbonyl (C=O) groups excluding carboxylic acids is 2. The van der Waals surface area contributed by atoms with Crippen LogP contribution >= 0.6 is 11.6 Å². The molecule has 2 aromatic carbocycles. The lowest BCUT2D eigenvalue weighted by Crippen LogP contribution is -2.39. The predicted molar refractivity (Wildman–Crippen MR) is 149 cm³/mol. The van der Waals surface area contributed by atoms with Crippen molar-refractivity contribution in [1.29, 1.82) is 0 Å². The summed E-state index contributed by atoms with van der Waals surface area (Å²) in [5, 5.41) is 15.7. The summed E-state index contributed by atoms with van der Waals surface area (Å²) in [5.41, 5.74) is 4.03. The zero-order chi connectivity index (χ0) is 27.9. The second kappa shape index (κ2) is 8.61. The molecule has 12 heteroatoms. The van der Waals surface area contributed by atoms with Crippen LogP contribution in [-0.4, -0.2) is 41.2 Å². The minimum absolute atomic E-state index is 0.267. The number of esters is 1. The average Bonchev–Trinajstić information content (AvgIpc) is 3.72. The van der Waals surface area contributed by atoms with Crippen molar-refractivity contribution in [2.24, 2.45) is 0 Å². The van der Waals surface area contributed by atoms with Crippen LogP contribution in [0.3, 0.4) is 0 Å². The summed E-state index contributed by atoms with van der Waals surface area (Å²) in [7, 11) is 0. The van der Waals surface area contributed by atoms with Gasteiger partial charge in [-0.15, -0.1) is 5.10 Å². The third-order valence-electron chi connectivity index (χ3n) is 8.40. The fourth-order valence-corrected chi connectivity index (χ4v) is 6.57. The van der Waals surface area contributed by atoms with E-state index in [9.17, 15) is 14.4 Å². The average molecular weight is 568 g/mol. The SMILES string of the molecule is O=C1OC2(CCC2)n2c1cc1cc(NC(=O)[C@@H]3CCc4cc(-c5cc(Cl)ccc5-n5cnnn5)cc(=O)n43)ccc12. The highest BCUT2D eigenvalue weighted by Crippen LogP contribution is 2.48. The summed E-state index contributed by atoms with van der Waals surface area (Å²) in [6.07, 6.45) is 5.17. The van der Waals surface area contributed by atoms with Crippen molar-refractivity contribution in [2.75, 3.05) is 5.32 Å². The number of rotatable bonds is 4. The summed E-state index contributed by atoms with van der Waals surface area (Å²) >= 11 is 6.29. The number of hydrogen-bond acceptors (Lipinski definition) is 7. The van der Waals surface area contributed by atoms with Crippen molar-refractivity contribution in [3.63, 3.8) is 0 Å². The van der Waals surface area contributed by atoms with Crippen LogP contribution in [0.4, 0.5) is 5.69 Å². The van der Waals surface area contributed by atoms with E-state index in [1.807, 2.05) is 34.9 Å². The van der Waals surface area contributed by atoms with Crippen molar-refractivity contribution in [3.05, 3.63) is 87.7 Å². The second-order valence-electron chi connectivity index (χ2n) is 10.7. The maximum Gasteiger partial charge on any atom is 0.357 e. The van der Waals surface area contributed by atoms with Crippen LogP contribution in [0.1, 0.15) is 47.9 Å². The first-order valence-electron chi connectivity index (χ1n) is 13.4. The fourth-order valence-electron chi connectivity index (χ4n) is 6.39. The number of aryl methyl sites for hydroxylation is 1. The first kappa shape index (κ1) is 24.1. The second-order valence-corrected chi connectivity index (χ2v) is 11.2. The van der Waals surface area contributed by atoms with E-state index in [2.05, 4.69) is 20.8 Å². The van der Waals surface area contributed by atoms with Crippen LogP contribution in [0.25, 0.3) is 27.7 Å². The van der Waals surface area contributed by atoms with Crippen LogP contribution in [0.2, 0.25) is 5.02 Å². The number of tetrazole rings is 1. The molecule has 1 spiro atoms. The Bertz CT molecular complexity index is 1970. The van der Waals surface area contributed by atoms with Gasteiger partial charge in [-0.05, 0) is 83.8 Å². The van der Waals surface area contributed by atoms with Crippen molar-refractivity contribution in [2.45, 2.75) is 43.9 Å². The number of fused-ring (bicyclic) bond motifs is 5. The standard InChI is InChI=1S/C29H22ClN7O4/c30-18-2-5-23(35-15-31-33-34-35)21(14-18)16-11-20-4-7-24(36(20)26(38)13-16)27(39)32-19-3-6-22-17(10-19)12-25-28(40)41-29(37(22)25)8-1-9-29/h2-3,5-6,10-15,24H,1,4,7-9H2,(H,32,39)/t24-/m0/s1. The number of nitrogens with zero attached hydrogens (tertiary/aromatic N) is 6. The van der Waals surface area contributed by atoms with E-state index >= 15 is 0 Å². The molecular formula is C29H22ClN7O4. The number of halogens is 1. The quantitative estimate of drug-likeness (QED) is 0.322. The van der Waals surface area contributed by atoms with Crippen molar-refractivity contribution in [3.8, 4) is 16.8 Å². The van der Waals surface area contributed by atoms with Crippen molar-refractivity contribution < 1.29 is 14.3 Å². The van der Waals surface area contributed by atoms with Gasteiger partial charge in [0, 0.05) is 46.3 Å². The molecule has 1 amide bonds. The largest absolute Gasteiger partial charge is 0.434 e. The molecule has 1 aliphatic carbocycles. The Morgan fingerprint density at radius 2 is 1.95 bits per heavy atom. The number of carbonyl (C=O) groups is 2. The molecule has 204 valence electrons. The Balaban J connectivity index is 1.09. The topological polar surface area (TPSA) is 126 Å². The normalized spacial score (nSPS) is 18.3. The summed E-state index contributed by atoms with van der Waals surface area (Å²) in [5.74, 6) is -0.577. The highest BCUT2D eigenvalue weighted by molar-refractivity contribution is 6.31. The molecule has 0 radical (unpaired) electrons. The van der Waals surface area contributed by atoms with Crippen LogP contribution < -0.4 is 10.9 Å². The molecule has 41 heavy (non-hydrogen) atoms. The molecule has 3 aromatic heterocycles. The van der Waals surface area contributed by atoms with Crippen LogP contribution in [-0.2, 0) is 21.7 Å². The number of amides is 1. The monoisotopic (exact) mass is 567 g/mol. The van der Waals surface area contributed by atoms with Crippen molar-refractivity contribution in [1.82, 2.24) is 29.3 Å². The summed E-state index contributed by atoms with van der Waals surface area (Å²) in [6.45, 7) is 0. The smallest absolute Gasteiger partial charge is 0.357 e. The zero-order valence-corrected chi connectivity index (χ0v) is 22.3. The van der Waals surface area contributed by atoms with E-state index in [1.165, 1.54) is 17.1 Å². The lowest BCUT2D eigenvalue weighted by atomic mass is 9.88. The number of pyridine rings is 1. The maximum absolute atomic E-state index is 13.4. The number of ether oxygens (including phenoxy) is 1. The first-order chi connectivity index (χ1) is 19.9. The number of benzene rings is 2. The van der Waals surface area contributed by atoms with Gasteiger partial charge in [-0.2, -0.15) is 4.68 Å². The van der Waals surface area contributed by atoms with Gasteiger partial charge >= 0.3 is 5.97 Å². The van der Waals surface area contributed by atoms with Gasteiger partial charge in [0.05, 0.1) is 11.2 Å². The van der Waals surface area contributed by atoms with E-state index in [-0.39, 0.29) is 17.4 Å². The molecule has 1 saturated carbocycles. The molecule has 0 bridgehead atoms. The molecule has 0 saturated heterocycles. The number of nitrogens with one attached hydrogen (secondary N) is 1. The van der Waals surface area contributed by atoms with Gasteiger partial charge in [0.25, 0.3) is 5.56 Å². The molecule has 1 fully saturated rings. The Kier molecular flexibility index (Phi) is 5.05. The van der Waals surface area contributed by atoms with E-state index in [1.54, 1.807) is 22.8 Å². The molecular weight excluding hydrogens is 546 g/mol. The Morgan fingerprint density at radius 3 is 2.73 bits per heavy atom. The van der Waals surface area contributed by atoms with Gasteiger partial charge < -0.3 is 14.6 Å². The van der Waals surface area contributed by atoms with Gasteiger partial charge in [0.2, 0.25) is 5.91 Å². The van der Waals surface area contributed by atoms with E-state index < -0.39 is 11.8 Å². The lowest BCUT2D eigenvalue weighted by molar-refractivity contribution is -0.119. The van der Waals surface area contributed by atoms with Crippen molar-refractivity contribution >= 4 is 40.1 Å². The minimum atomic E-state index is -0.645. The molecule has 3 aliphatic rings. The fraction of sp³-hybridized carbons (Fsp3) is 0.241. The summed E-state index contributed by atoms with van der Waals surface area (Å²) in [4.78, 5) is 39.3. The Hall–Kier alpha value is -4.77. The van der Waals surface area contributed by atoms with Gasteiger partial charge in [-0.25, -0.2) is 4.79 Å². The Morgan fingerprint density at radius 1 is 1.07 bits per heavy atom. The van der Waals surface area contributed by atoms with E-state index in [4.69, 9.17) is 16.3 Å². The number of hydrogen-bond donors (Lipinski definition) is 1. The molecule has 1 N–H and O–H groups in total. The highest BCUT2D eigenvalue weighted by Gasteiger charge is 2.50. The Labute approximate surface area is 237 Å². The third kappa shape index (κ3) is 3.58. The predicted octanol–water partition coefficient (Wildman–Crippen LogP) is 4.23. The van der Waals surface area contributed by atoms with Gasteiger partial charge in [0.1, 0.15) is 18.1 Å². The molecule has 5 aromatic rings. The van der Waals surface area contributed by atoms with Crippen LogP contribution in [0, 0.1) is 0 Å². The summed E-state index contributed by atoms with van der Waals surface area (Å²) < 4.78 is 10.7. The molecule has 1 atom stereocenters. The number of aromatic nitrogens is 6. The van der Waals surface area contributed by atoms with Gasteiger partial charge in [-0.3, -0.25) is 14.2 Å². The lowest BCUT2D eigenvalue weighted by Gasteiger charge is -2.38. The first-order valence-corrected chi connectivity index (χ1v) is 13.8. The van der Waals surface area contributed by atoms with Gasteiger partial charge in [0.15, 0.2) is 5.72 Å². The highest BCUT2D eigenvalue weighted by atomic mass is 35.5. The molecule has 11 nitrogen and oxygen atoms in total.